The average molecular weight is 578 g/mol. The second-order valence-electron chi connectivity index (χ2n) is 9.11. The van der Waals surface area contributed by atoms with Gasteiger partial charge in [-0.15, -0.1) is 0 Å². The number of hydrogen-bond donors (Lipinski definition) is 1. The molecule has 5 rings (SSSR count). The second kappa shape index (κ2) is 10.4. The SMILES string of the molecule is CCOc1cc(C=Nc2ccc([C@@H]3Nc4ccc(C)cc4[C@H]4C=CC[C@@H]43)cc2)cc(I)c1OCC. The Hall–Kier alpha value is -2.80. The van der Waals surface area contributed by atoms with Crippen LogP contribution >= 0.6 is 22.6 Å². The average Bonchev–Trinajstić information content (AvgIpc) is 3.35. The third-order valence-electron chi connectivity index (χ3n) is 6.75. The van der Waals surface area contributed by atoms with E-state index in [4.69, 9.17) is 14.5 Å². The van der Waals surface area contributed by atoms with Crippen LogP contribution in [-0.2, 0) is 0 Å². The fourth-order valence-corrected chi connectivity index (χ4v) is 5.95. The van der Waals surface area contributed by atoms with Gasteiger partial charge in [-0.05, 0) is 103 Å². The molecule has 4 nitrogen and oxygen atoms in total. The van der Waals surface area contributed by atoms with Crippen LogP contribution in [0.4, 0.5) is 11.4 Å². The van der Waals surface area contributed by atoms with Gasteiger partial charge in [0.25, 0.3) is 0 Å². The molecule has 0 aromatic heterocycles. The van der Waals surface area contributed by atoms with Crippen molar-refractivity contribution in [1.29, 1.82) is 0 Å². The molecule has 2 aliphatic rings. The van der Waals surface area contributed by atoms with E-state index < -0.39 is 0 Å². The minimum Gasteiger partial charge on any atom is -0.490 e. The molecular weight excluding hydrogens is 547 g/mol. The van der Waals surface area contributed by atoms with Crippen molar-refractivity contribution in [3.63, 3.8) is 0 Å². The van der Waals surface area contributed by atoms with Gasteiger partial charge in [0.15, 0.2) is 11.5 Å². The number of hydrogen-bond acceptors (Lipinski definition) is 4. The third-order valence-corrected chi connectivity index (χ3v) is 7.55. The van der Waals surface area contributed by atoms with Gasteiger partial charge in [0.1, 0.15) is 0 Å². The summed E-state index contributed by atoms with van der Waals surface area (Å²) in [7, 11) is 0. The van der Waals surface area contributed by atoms with Gasteiger partial charge in [0.2, 0.25) is 0 Å². The van der Waals surface area contributed by atoms with E-state index in [2.05, 4.69) is 95.5 Å². The maximum absolute atomic E-state index is 5.81. The van der Waals surface area contributed by atoms with E-state index in [1.807, 2.05) is 26.1 Å². The molecule has 180 valence electrons. The lowest BCUT2D eigenvalue weighted by atomic mass is 9.76. The van der Waals surface area contributed by atoms with Crippen LogP contribution in [-0.4, -0.2) is 19.4 Å². The summed E-state index contributed by atoms with van der Waals surface area (Å²) in [5.74, 6) is 2.58. The van der Waals surface area contributed by atoms with E-state index >= 15 is 0 Å². The smallest absolute Gasteiger partial charge is 0.174 e. The summed E-state index contributed by atoms with van der Waals surface area (Å²) < 4.78 is 12.6. The van der Waals surface area contributed by atoms with E-state index in [-0.39, 0.29) is 0 Å². The van der Waals surface area contributed by atoms with Gasteiger partial charge in [-0.2, -0.15) is 0 Å². The van der Waals surface area contributed by atoms with E-state index in [1.165, 1.54) is 22.4 Å². The molecule has 0 unspecified atom stereocenters. The molecule has 35 heavy (non-hydrogen) atoms. The fraction of sp³-hybridized carbons (Fsp3) is 0.300. The quantitative estimate of drug-likeness (QED) is 0.176. The molecule has 1 heterocycles. The number of rotatable bonds is 7. The minimum atomic E-state index is 0.296. The Kier molecular flexibility index (Phi) is 7.14. The summed E-state index contributed by atoms with van der Waals surface area (Å²) in [6.45, 7) is 7.33. The van der Waals surface area contributed by atoms with Crippen LogP contribution in [0.25, 0.3) is 0 Å². The highest BCUT2D eigenvalue weighted by molar-refractivity contribution is 14.1. The van der Waals surface area contributed by atoms with Crippen molar-refractivity contribution in [2.24, 2.45) is 10.9 Å². The molecule has 0 amide bonds. The first-order valence-electron chi connectivity index (χ1n) is 12.3. The Labute approximate surface area is 221 Å². The van der Waals surface area contributed by atoms with Crippen LogP contribution in [0.15, 0.2) is 71.7 Å². The highest BCUT2D eigenvalue weighted by Gasteiger charge is 2.37. The van der Waals surface area contributed by atoms with Crippen molar-refractivity contribution in [3.8, 4) is 11.5 Å². The first kappa shape index (κ1) is 23.9. The van der Waals surface area contributed by atoms with Crippen LogP contribution in [0.3, 0.4) is 0 Å². The third kappa shape index (κ3) is 4.96. The first-order chi connectivity index (χ1) is 17.1. The number of fused-ring (bicyclic) bond motifs is 3. The number of aryl methyl sites for hydroxylation is 1. The summed E-state index contributed by atoms with van der Waals surface area (Å²) in [5.41, 5.74) is 7.24. The number of aliphatic imine (C=N–C) groups is 1. The molecule has 0 radical (unpaired) electrons. The molecule has 0 spiro atoms. The molecule has 0 fully saturated rings. The number of benzene rings is 3. The van der Waals surface area contributed by atoms with Crippen molar-refractivity contribution >= 4 is 40.2 Å². The van der Waals surface area contributed by atoms with E-state index in [0.717, 1.165) is 32.7 Å². The number of nitrogens with zero attached hydrogens (tertiary/aromatic N) is 1. The molecule has 5 heteroatoms. The maximum atomic E-state index is 5.81. The van der Waals surface area contributed by atoms with E-state index in [9.17, 15) is 0 Å². The Morgan fingerprint density at radius 2 is 1.83 bits per heavy atom. The molecular formula is C30H31IN2O2. The van der Waals surface area contributed by atoms with Crippen molar-refractivity contribution in [3.05, 3.63) is 92.6 Å². The summed E-state index contributed by atoms with van der Waals surface area (Å²) >= 11 is 2.29. The van der Waals surface area contributed by atoms with Crippen molar-refractivity contribution in [2.75, 3.05) is 18.5 Å². The van der Waals surface area contributed by atoms with Gasteiger partial charge in [0, 0.05) is 17.8 Å². The normalized spacial score (nSPS) is 20.4. The van der Waals surface area contributed by atoms with Crippen molar-refractivity contribution in [2.45, 2.75) is 39.2 Å². The highest BCUT2D eigenvalue weighted by atomic mass is 127. The zero-order valence-corrected chi connectivity index (χ0v) is 22.6. The Morgan fingerprint density at radius 1 is 1.03 bits per heavy atom. The molecule has 0 bridgehead atoms. The van der Waals surface area contributed by atoms with Crippen LogP contribution in [0.2, 0.25) is 0 Å². The summed E-state index contributed by atoms with van der Waals surface area (Å²) in [4.78, 5) is 4.74. The lowest BCUT2D eigenvalue weighted by Gasteiger charge is -2.37. The van der Waals surface area contributed by atoms with Crippen LogP contribution in [0.5, 0.6) is 11.5 Å². The zero-order chi connectivity index (χ0) is 24.4. The summed E-state index contributed by atoms with van der Waals surface area (Å²) in [6.07, 6.45) is 7.73. The van der Waals surface area contributed by atoms with Crippen LogP contribution < -0.4 is 14.8 Å². The predicted molar refractivity (Wildman–Crippen MR) is 153 cm³/mol. The minimum absolute atomic E-state index is 0.296. The number of anilines is 1. The summed E-state index contributed by atoms with van der Waals surface area (Å²) in [5, 5.41) is 3.82. The summed E-state index contributed by atoms with van der Waals surface area (Å²) in [6, 6.07) is 19.8. The molecule has 0 saturated carbocycles. The molecule has 3 aromatic rings. The fourth-order valence-electron chi connectivity index (χ4n) is 5.17. The monoisotopic (exact) mass is 578 g/mol. The second-order valence-corrected chi connectivity index (χ2v) is 10.3. The van der Waals surface area contributed by atoms with Gasteiger partial charge in [0.05, 0.1) is 28.5 Å². The largest absolute Gasteiger partial charge is 0.490 e. The molecule has 3 atom stereocenters. The van der Waals surface area contributed by atoms with E-state index in [1.54, 1.807) is 0 Å². The number of nitrogens with one attached hydrogen (secondary N) is 1. The zero-order valence-electron chi connectivity index (χ0n) is 20.4. The molecule has 1 aliphatic heterocycles. The van der Waals surface area contributed by atoms with Crippen LogP contribution in [0, 0.1) is 16.4 Å². The van der Waals surface area contributed by atoms with Gasteiger partial charge in [-0.25, -0.2) is 0 Å². The number of halogens is 1. The lowest BCUT2D eigenvalue weighted by Crippen LogP contribution is -2.29. The topological polar surface area (TPSA) is 42.8 Å². The highest BCUT2D eigenvalue weighted by Crippen LogP contribution is 2.50. The van der Waals surface area contributed by atoms with Crippen molar-refractivity contribution < 1.29 is 9.47 Å². The van der Waals surface area contributed by atoms with Gasteiger partial charge in [-0.3, -0.25) is 4.99 Å². The molecule has 0 saturated heterocycles. The van der Waals surface area contributed by atoms with Crippen LogP contribution in [0.1, 0.15) is 54.5 Å². The Bertz CT molecular complexity index is 1270. The number of ether oxygens (including phenoxy) is 2. The molecule has 3 aromatic carbocycles. The van der Waals surface area contributed by atoms with Crippen molar-refractivity contribution in [1.82, 2.24) is 0 Å². The predicted octanol–water partition coefficient (Wildman–Crippen LogP) is 7.97. The Morgan fingerprint density at radius 3 is 2.60 bits per heavy atom. The van der Waals surface area contributed by atoms with Gasteiger partial charge in [-0.1, -0.05) is 42.0 Å². The first-order valence-corrected chi connectivity index (χ1v) is 13.4. The maximum Gasteiger partial charge on any atom is 0.174 e. The van der Waals surface area contributed by atoms with E-state index in [0.29, 0.717) is 31.1 Å². The lowest BCUT2D eigenvalue weighted by molar-refractivity contribution is 0.286. The molecule has 1 N–H and O–H groups in total. The van der Waals surface area contributed by atoms with Gasteiger partial charge >= 0.3 is 0 Å². The standard InChI is InChI=1S/C30H31IN2O2/c1-4-34-28-17-20(16-26(31)30(28)35-5-2)18-32-22-12-10-21(11-13-22)29-24-8-6-7-23(24)25-15-19(3)9-14-27(25)33-29/h6-7,9-18,23-24,29,33H,4-5,8H2,1-3H3/t23-,24-,29-/m0/s1. The number of allylic oxidation sites excluding steroid dienone is 2. The van der Waals surface area contributed by atoms with Gasteiger partial charge < -0.3 is 14.8 Å². The molecule has 1 aliphatic carbocycles. The Balaban J connectivity index is 1.36.